The van der Waals surface area contributed by atoms with E-state index >= 15 is 0 Å². The van der Waals surface area contributed by atoms with Crippen molar-refractivity contribution in [3.63, 3.8) is 0 Å². The third kappa shape index (κ3) is 4.59. The first kappa shape index (κ1) is 20.1. The molecule has 0 bridgehead atoms. The van der Waals surface area contributed by atoms with Gasteiger partial charge in [-0.1, -0.05) is 42.5 Å². The fourth-order valence-corrected chi connectivity index (χ4v) is 4.90. The zero-order valence-corrected chi connectivity index (χ0v) is 16.8. The van der Waals surface area contributed by atoms with Crippen molar-refractivity contribution >= 4 is 33.0 Å². The average Bonchev–Trinajstić information content (AvgIpc) is 3.20. The van der Waals surface area contributed by atoms with Crippen LogP contribution in [0.3, 0.4) is 0 Å². The molecule has 0 aliphatic rings. The lowest BCUT2D eigenvalue weighted by molar-refractivity contribution is 0.103. The predicted molar refractivity (Wildman–Crippen MR) is 110 cm³/mol. The molecule has 1 aromatic heterocycles. The number of sulfonamides is 1. The van der Waals surface area contributed by atoms with Gasteiger partial charge < -0.3 is 10.4 Å². The summed E-state index contributed by atoms with van der Waals surface area (Å²) in [4.78, 5) is 12.7. The lowest BCUT2D eigenvalue weighted by atomic mass is 10.2. The maximum absolute atomic E-state index is 12.8. The van der Waals surface area contributed by atoms with Crippen LogP contribution < -0.4 is 5.32 Å². The summed E-state index contributed by atoms with van der Waals surface area (Å²) >= 11 is 1.04. The fraction of sp³-hybridized carbons (Fsp3) is 0.150. The van der Waals surface area contributed by atoms with Gasteiger partial charge in [-0.05, 0) is 30.2 Å². The SMILES string of the molecule is CN(CCc1ccccc1)S(=O)(=O)c1csc(C(=O)Nc2ccccc2O)c1. The quantitative estimate of drug-likeness (QED) is 0.577. The van der Waals surface area contributed by atoms with Crippen molar-refractivity contribution in [1.82, 2.24) is 4.31 Å². The van der Waals surface area contributed by atoms with Crippen molar-refractivity contribution in [3.05, 3.63) is 76.5 Å². The molecule has 0 saturated heterocycles. The van der Waals surface area contributed by atoms with Crippen LogP contribution >= 0.6 is 11.3 Å². The van der Waals surface area contributed by atoms with Crippen molar-refractivity contribution in [3.8, 4) is 5.75 Å². The summed E-state index contributed by atoms with van der Waals surface area (Å²) in [5.41, 5.74) is 1.32. The van der Waals surface area contributed by atoms with Crippen molar-refractivity contribution in [1.29, 1.82) is 0 Å². The van der Waals surface area contributed by atoms with Crippen LogP contribution in [-0.2, 0) is 16.4 Å². The largest absolute Gasteiger partial charge is 0.506 e. The molecule has 28 heavy (non-hydrogen) atoms. The number of hydrogen-bond acceptors (Lipinski definition) is 5. The number of aromatic hydroxyl groups is 1. The molecule has 1 heterocycles. The predicted octanol–water partition coefficient (Wildman–Crippen LogP) is 3.57. The van der Waals surface area contributed by atoms with E-state index in [0.29, 0.717) is 13.0 Å². The van der Waals surface area contributed by atoms with E-state index in [4.69, 9.17) is 0 Å². The highest BCUT2D eigenvalue weighted by Gasteiger charge is 2.23. The van der Waals surface area contributed by atoms with E-state index in [2.05, 4.69) is 5.32 Å². The molecule has 0 atom stereocenters. The molecule has 2 aromatic carbocycles. The van der Waals surface area contributed by atoms with Gasteiger partial charge >= 0.3 is 0 Å². The highest BCUT2D eigenvalue weighted by Crippen LogP contribution is 2.26. The van der Waals surface area contributed by atoms with E-state index in [1.54, 1.807) is 18.2 Å². The summed E-state index contributed by atoms with van der Waals surface area (Å²) in [5.74, 6) is -0.527. The van der Waals surface area contributed by atoms with E-state index < -0.39 is 15.9 Å². The number of rotatable bonds is 7. The number of anilines is 1. The van der Waals surface area contributed by atoms with Crippen molar-refractivity contribution in [2.24, 2.45) is 0 Å². The minimum Gasteiger partial charge on any atom is -0.506 e. The molecule has 6 nitrogen and oxygen atoms in total. The Bertz CT molecular complexity index is 1060. The maximum Gasteiger partial charge on any atom is 0.265 e. The smallest absolute Gasteiger partial charge is 0.265 e. The Morgan fingerprint density at radius 1 is 1.11 bits per heavy atom. The number of hydrogen-bond donors (Lipinski definition) is 2. The molecule has 1 amide bonds. The third-order valence-electron chi connectivity index (χ3n) is 4.22. The second-order valence-electron chi connectivity index (χ2n) is 6.18. The van der Waals surface area contributed by atoms with E-state index in [-0.39, 0.29) is 21.2 Å². The molecule has 0 radical (unpaired) electrons. The van der Waals surface area contributed by atoms with Crippen LogP contribution in [0, 0.1) is 0 Å². The number of nitrogens with zero attached hydrogens (tertiary/aromatic N) is 1. The fourth-order valence-electron chi connectivity index (χ4n) is 2.57. The van der Waals surface area contributed by atoms with Crippen LogP contribution in [0.4, 0.5) is 5.69 Å². The summed E-state index contributed by atoms with van der Waals surface area (Å²) in [5, 5.41) is 13.8. The van der Waals surface area contributed by atoms with Gasteiger partial charge in [0.25, 0.3) is 5.91 Å². The van der Waals surface area contributed by atoms with Gasteiger partial charge in [-0.2, -0.15) is 0 Å². The van der Waals surface area contributed by atoms with Crippen LogP contribution in [0.1, 0.15) is 15.2 Å². The summed E-state index contributed by atoms with van der Waals surface area (Å²) in [7, 11) is -2.16. The second-order valence-corrected chi connectivity index (χ2v) is 9.14. The zero-order valence-electron chi connectivity index (χ0n) is 15.2. The Labute approximate surface area is 168 Å². The van der Waals surface area contributed by atoms with Crippen molar-refractivity contribution in [2.45, 2.75) is 11.3 Å². The maximum atomic E-state index is 12.8. The average molecular weight is 417 g/mol. The number of benzene rings is 2. The standard InChI is InChI=1S/C20H20N2O4S2/c1-22(12-11-15-7-3-2-4-8-15)28(25,26)16-13-19(27-14-16)20(24)21-17-9-5-6-10-18(17)23/h2-10,13-14,23H,11-12H2,1H3,(H,21,24). The minimum atomic E-state index is -3.69. The Balaban J connectivity index is 1.69. The molecular weight excluding hydrogens is 396 g/mol. The summed E-state index contributed by atoms with van der Waals surface area (Å²) in [6.07, 6.45) is 0.599. The lowest BCUT2D eigenvalue weighted by Crippen LogP contribution is -2.28. The minimum absolute atomic E-state index is 0.0547. The lowest BCUT2D eigenvalue weighted by Gasteiger charge is -2.16. The molecule has 0 saturated carbocycles. The van der Waals surface area contributed by atoms with Crippen LogP contribution in [0.25, 0.3) is 0 Å². The molecule has 8 heteroatoms. The first-order chi connectivity index (χ1) is 13.4. The second kappa shape index (κ2) is 8.55. The molecule has 0 aliphatic heterocycles. The third-order valence-corrected chi connectivity index (χ3v) is 7.13. The highest BCUT2D eigenvalue weighted by molar-refractivity contribution is 7.89. The number of thiophene rings is 1. The zero-order chi connectivity index (χ0) is 20.1. The number of phenolic OH excluding ortho intramolecular Hbond substituents is 1. The van der Waals surface area contributed by atoms with Crippen LogP contribution in [0.2, 0.25) is 0 Å². The van der Waals surface area contributed by atoms with Gasteiger partial charge in [-0.3, -0.25) is 4.79 Å². The van der Waals surface area contributed by atoms with Gasteiger partial charge in [0.1, 0.15) is 5.75 Å². The molecule has 3 rings (SSSR count). The van der Waals surface area contributed by atoms with E-state index in [9.17, 15) is 18.3 Å². The van der Waals surface area contributed by atoms with Crippen molar-refractivity contribution < 1.29 is 18.3 Å². The topological polar surface area (TPSA) is 86.7 Å². The van der Waals surface area contributed by atoms with E-state index in [1.807, 2.05) is 30.3 Å². The van der Waals surface area contributed by atoms with Gasteiger partial charge in [0, 0.05) is 19.0 Å². The number of nitrogens with one attached hydrogen (secondary N) is 1. The first-order valence-electron chi connectivity index (χ1n) is 8.56. The Morgan fingerprint density at radius 2 is 1.79 bits per heavy atom. The molecule has 146 valence electrons. The Hall–Kier alpha value is -2.68. The number of amides is 1. The molecule has 0 spiro atoms. The van der Waals surface area contributed by atoms with Gasteiger partial charge in [0.05, 0.1) is 15.5 Å². The summed E-state index contributed by atoms with van der Waals surface area (Å²) in [6, 6.07) is 17.4. The Kier molecular flexibility index (Phi) is 6.13. The Morgan fingerprint density at radius 3 is 2.50 bits per heavy atom. The van der Waals surface area contributed by atoms with Crippen molar-refractivity contribution in [2.75, 3.05) is 18.9 Å². The van der Waals surface area contributed by atoms with Crippen LogP contribution in [-0.4, -0.2) is 37.3 Å². The van der Waals surface area contributed by atoms with Gasteiger partial charge in [0.15, 0.2) is 0 Å². The molecule has 2 N–H and O–H groups in total. The number of para-hydroxylation sites is 2. The van der Waals surface area contributed by atoms with Gasteiger partial charge in [-0.25, -0.2) is 12.7 Å². The molecule has 0 unspecified atom stereocenters. The number of likely N-dealkylation sites (N-methyl/N-ethyl adjacent to an activating group) is 1. The van der Waals surface area contributed by atoms with Gasteiger partial charge in [-0.15, -0.1) is 11.3 Å². The molecular formula is C20H20N2O4S2. The summed E-state index contributed by atoms with van der Waals surface area (Å²) < 4.78 is 26.8. The van der Waals surface area contributed by atoms with Crippen LogP contribution in [0.5, 0.6) is 5.75 Å². The van der Waals surface area contributed by atoms with E-state index in [1.165, 1.54) is 28.9 Å². The molecule has 0 fully saturated rings. The molecule has 0 aliphatic carbocycles. The number of carbonyl (C=O) groups excluding carboxylic acids is 1. The summed E-state index contributed by atoms with van der Waals surface area (Å²) in [6.45, 7) is 0.335. The van der Waals surface area contributed by atoms with Crippen LogP contribution in [0.15, 0.2) is 70.9 Å². The monoisotopic (exact) mass is 416 g/mol. The first-order valence-corrected chi connectivity index (χ1v) is 10.9. The van der Waals surface area contributed by atoms with E-state index in [0.717, 1.165) is 16.9 Å². The van der Waals surface area contributed by atoms with Gasteiger partial charge in [0.2, 0.25) is 10.0 Å². The number of carbonyl (C=O) groups is 1. The number of phenols is 1. The normalized spacial score (nSPS) is 11.5. The molecule has 3 aromatic rings. The highest BCUT2D eigenvalue weighted by atomic mass is 32.2.